The van der Waals surface area contributed by atoms with Crippen molar-refractivity contribution in [2.75, 3.05) is 40.4 Å². The Kier molecular flexibility index (Phi) is 6.11. The van der Waals surface area contributed by atoms with E-state index in [1.165, 1.54) is 18.2 Å². The monoisotopic (exact) mass is 268 g/mol. The second-order valence-electron chi connectivity index (χ2n) is 4.37. The molecule has 0 fully saturated rings. The summed E-state index contributed by atoms with van der Waals surface area (Å²) in [6, 6.07) is 3.81. The number of aromatic hydroxyl groups is 2. The van der Waals surface area contributed by atoms with Crippen molar-refractivity contribution in [3.63, 3.8) is 0 Å². The number of benzene rings is 1. The fourth-order valence-electron chi connectivity index (χ4n) is 1.39. The number of amides is 1. The summed E-state index contributed by atoms with van der Waals surface area (Å²) in [5.41, 5.74) is 0.0493. The maximum atomic E-state index is 11.7. The number of carbonyl (C=O) groups excluding carboxylic acids is 1. The van der Waals surface area contributed by atoms with Crippen LogP contribution in [-0.2, 0) is 4.74 Å². The van der Waals surface area contributed by atoms with Crippen LogP contribution in [0, 0.1) is 0 Å². The van der Waals surface area contributed by atoms with E-state index >= 15 is 0 Å². The molecule has 0 saturated heterocycles. The van der Waals surface area contributed by atoms with E-state index in [4.69, 9.17) is 4.74 Å². The van der Waals surface area contributed by atoms with Crippen LogP contribution in [0.3, 0.4) is 0 Å². The van der Waals surface area contributed by atoms with Crippen LogP contribution >= 0.6 is 0 Å². The Morgan fingerprint density at radius 3 is 2.74 bits per heavy atom. The van der Waals surface area contributed by atoms with E-state index in [9.17, 15) is 15.0 Å². The number of likely N-dealkylation sites (N-methyl/N-ethyl adjacent to an activating group) is 1. The highest BCUT2D eigenvalue weighted by Crippen LogP contribution is 2.21. The Hall–Kier alpha value is -1.79. The number of carbonyl (C=O) groups is 1. The Bertz CT molecular complexity index is 421. The molecule has 0 radical (unpaired) electrons. The van der Waals surface area contributed by atoms with Gasteiger partial charge in [-0.25, -0.2) is 0 Å². The average molecular weight is 268 g/mol. The molecule has 0 saturated carbocycles. The number of nitrogens with zero attached hydrogens (tertiary/aromatic N) is 1. The zero-order valence-corrected chi connectivity index (χ0v) is 11.2. The lowest BCUT2D eigenvalue weighted by atomic mass is 10.2. The number of ether oxygens (including phenoxy) is 1. The van der Waals surface area contributed by atoms with Gasteiger partial charge in [0.15, 0.2) is 0 Å². The Morgan fingerprint density at radius 2 is 2.05 bits per heavy atom. The first-order chi connectivity index (χ1) is 9.00. The molecule has 0 atom stereocenters. The molecule has 0 unspecified atom stereocenters. The van der Waals surface area contributed by atoms with Gasteiger partial charge in [0.25, 0.3) is 5.91 Å². The van der Waals surface area contributed by atoms with Gasteiger partial charge >= 0.3 is 0 Å². The standard InChI is InChI=1S/C13H20N2O4/c1-15(2)6-8-19-7-5-14-13(18)11-9-10(16)3-4-12(11)17/h3-4,9,16-17H,5-8H2,1-2H3,(H,14,18). The molecule has 19 heavy (non-hydrogen) atoms. The van der Waals surface area contributed by atoms with Crippen molar-refractivity contribution in [1.29, 1.82) is 0 Å². The van der Waals surface area contributed by atoms with E-state index in [1.54, 1.807) is 0 Å². The van der Waals surface area contributed by atoms with Gasteiger partial charge in [0.05, 0.1) is 18.8 Å². The lowest BCUT2D eigenvalue weighted by Gasteiger charge is -2.10. The van der Waals surface area contributed by atoms with Gasteiger partial charge in [-0.15, -0.1) is 0 Å². The summed E-state index contributed by atoms with van der Waals surface area (Å²) >= 11 is 0. The first-order valence-electron chi connectivity index (χ1n) is 6.03. The minimum atomic E-state index is -0.440. The molecule has 6 nitrogen and oxygen atoms in total. The van der Waals surface area contributed by atoms with Gasteiger partial charge in [0.2, 0.25) is 0 Å². The molecular formula is C13H20N2O4. The molecule has 1 aromatic carbocycles. The molecule has 3 N–H and O–H groups in total. The van der Waals surface area contributed by atoms with E-state index in [2.05, 4.69) is 5.32 Å². The van der Waals surface area contributed by atoms with E-state index in [1.807, 2.05) is 19.0 Å². The largest absolute Gasteiger partial charge is 0.508 e. The molecule has 0 aliphatic heterocycles. The maximum Gasteiger partial charge on any atom is 0.255 e. The summed E-state index contributed by atoms with van der Waals surface area (Å²) in [7, 11) is 3.91. The fraction of sp³-hybridized carbons (Fsp3) is 0.462. The fourth-order valence-corrected chi connectivity index (χ4v) is 1.39. The molecule has 106 valence electrons. The number of phenols is 2. The van der Waals surface area contributed by atoms with Gasteiger partial charge < -0.3 is 25.2 Å². The normalized spacial score (nSPS) is 10.7. The number of rotatable bonds is 7. The second-order valence-corrected chi connectivity index (χ2v) is 4.37. The molecular weight excluding hydrogens is 248 g/mol. The number of hydrogen-bond acceptors (Lipinski definition) is 5. The molecule has 6 heteroatoms. The highest BCUT2D eigenvalue weighted by atomic mass is 16.5. The molecule has 0 heterocycles. The minimum Gasteiger partial charge on any atom is -0.508 e. The highest BCUT2D eigenvalue weighted by Gasteiger charge is 2.11. The van der Waals surface area contributed by atoms with E-state index in [0.717, 1.165) is 6.54 Å². The SMILES string of the molecule is CN(C)CCOCCNC(=O)c1cc(O)ccc1O. The average Bonchev–Trinajstić information content (AvgIpc) is 2.36. The van der Waals surface area contributed by atoms with Crippen molar-refractivity contribution in [2.24, 2.45) is 0 Å². The smallest absolute Gasteiger partial charge is 0.255 e. The second kappa shape index (κ2) is 7.60. The molecule has 0 spiro atoms. The third-order valence-corrected chi connectivity index (χ3v) is 2.44. The molecule has 0 bridgehead atoms. The quantitative estimate of drug-likeness (QED) is 0.493. The molecule has 1 aromatic rings. The summed E-state index contributed by atoms with van der Waals surface area (Å²) in [5.74, 6) is -0.668. The van der Waals surface area contributed by atoms with E-state index < -0.39 is 5.91 Å². The summed E-state index contributed by atoms with van der Waals surface area (Å²) in [6.45, 7) is 2.17. The highest BCUT2D eigenvalue weighted by molar-refractivity contribution is 5.97. The lowest BCUT2D eigenvalue weighted by molar-refractivity contribution is 0.0897. The number of phenolic OH excluding ortho intramolecular Hbond substituents is 2. The third kappa shape index (κ3) is 5.58. The summed E-state index contributed by atoms with van der Waals surface area (Å²) < 4.78 is 5.32. The Morgan fingerprint density at radius 1 is 1.32 bits per heavy atom. The van der Waals surface area contributed by atoms with Gasteiger partial charge in [-0.05, 0) is 32.3 Å². The number of hydrogen-bond donors (Lipinski definition) is 3. The zero-order valence-electron chi connectivity index (χ0n) is 11.2. The van der Waals surface area contributed by atoms with E-state index in [0.29, 0.717) is 19.8 Å². The molecule has 1 amide bonds. The topological polar surface area (TPSA) is 82.0 Å². The van der Waals surface area contributed by atoms with Crippen molar-refractivity contribution >= 4 is 5.91 Å². The van der Waals surface area contributed by atoms with Crippen LogP contribution in [-0.4, -0.2) is 61.4 Å². The molecule has 0 aliphatic rings. The molecule has 0 aromatic heterocycles. The molecule has 0 aliphatic carbocycles. The first kappa shape index (κ1) is 15.3. The van der Waals surface area contributed by atoms with Gasteiger partial charge in [0.1, 0.15) is 11.5 Å². The number of nitrogens with one attached hydrogen (secondary N) is 1. The first-order valence-corrected chi connectivity index (χ1v) is 6.03. The van der Waals surface area contributed by atoms with Crippen molar-refractivity contribution < 1.29 is 19.7 Å². The van der Waals surface area contributed by atoms with Crippen LogP contribution in [0.25, 0.3) is 0 Å². The van der Waals surface area contributed by atoms with Crippen molar-refractivity contribution in [3.8, 4) is 11.5 Å². The maximum absolute atomic E-state index is 11.7. The minimum absolute atomic E-state index is 0.0493. The van der Waals surface area contributed by atoms with Crippen LogP contribution in [0.1, 0.15) is 10.4 Å². The van der Waals surface area contributed by atoms with Gasteiger partial charge in [-0.3, -0.25) is 4.79 Å². The lowest BCUT2D eigenvalue weighted by Crippen LogP contribution is -2.28. The third-order valence-electron chi connectivity index (χ3n) is 2.44. The van der Waals surface area contributed by atoms with Crippen molar-refractivity contribution in [3.05, 3.63) is 23.8 Å². The van der Waals surface area contributed by atoms with Gasteiger partial charge in [-0.1, -0.05) is 0 Å². The van der Waals surface area contributed by atoms with Gasteiger partial charge in [0, 0.05) is 13.1 Å². The summed E-state index contributed by atoms with van der Waals surface area (Å²) in [4.78, 5) is 13.7. The zero-order chi connectivity index (χ0) is 14.3. The van der Waals surface area contributed by atoms with Crippen LogP contribution < -0.4 is 5.32 Å². The molecule has 1 rings (SSSR count). The van der Waals surface area contributed by atoms with Crippen molar-refractivity contribution in [2.45, 2.75) is 0 Å². The van der Waals surface area contributed by atoms with Crippen LogP contribution in [0.2, 0.25) is 0 Å². The van der Waals surface area contributed by atoms with E-state index in [-0.39, 0.29) is 17.1 Å². The predicted octanol–water partition coefficient (Wildman–Crippen LogP) is 0.406. The summed E-state index contributed by atoms with van der Waals surface area (Å²) in [6.07, 6.45) is 0. The summed E-state index contributed by atoms with van der Waals surface area (Å²) in [5, 5.41) is 21.4. The Balaban J connectivity index is 2.29. The van der Waals surface area contributed by atoms with Crippen molar-refractivity contribution in [1.82, 2.24) is 10.2 Å². The van der Waals surface area contributed by atoms with Crippen LogP contribution in [0.4, 0.5) is 0 Å². The van der Waals surface area contributed by atoms with Crippen LogP contribution in [0.5, 0.6) is 11.5 Å². The predicted molar refractivity (Wildman–Crippen MR) is 71.5 cm³/mol. The van der Waals surface area contributed by atoms with Gasteiger partial charge in [-0.2, -0.15) is 0 Å². The Labute approximate surface area is 112 Å². The van der Waals surface area contributed by atoms with Crippen LogP contribution in [0.15, 0.2) is 18.2 Å².